The zero-order valence-corrected chi connectivity index (χ0v) is 21.0. The summed E-state index contributed by atoms with van der Waals surface area (Å²) in [4.78, 5) is 2.54. The summed E-state index contributed by atoms with van der Waals surface area (Å²) in [5, 5.41) is 5.18. The van der Waals surface area contributed by atoms with Crippen LogP contribution in [0.4, 0.5) is 5.69 Å². The molecule has 3 heterocycles. The SMILES string of the molecule is C1=CC2C3=C(c4c(c5ccccc5n4-c4cccc(-c5ccccc5)c4)CN3)N(c3ccccc3)C2C=C1. The van der Waals surface area contributed by atoms with Gasteiger partial charge in [-0.2, -0.15) is 0 Å². The Morgan fingerprint density at radius 1 is 0.658 bits per heavy atom. The van der Waals surface area contributed by atoms with Gasteiger partial charge in [0.25, 0.3) is 0 Å². The van der Waals surface area contributed by atoms with Gasteiger partial charge in [-0.3, -0.25) is 0 Å². The maximum Gasteiger partial charge on any atom is 0.0865 e. The summed E-state index contributed by atoms with van der Waals surface area (Å²) in [5.74, 6) is 0.297. The van der Waals surface area contributed by atoms with Gasteiger partial charge in [-0.15, -0.1) is 0 Å². The molecule has 3 aliphatic rings. The van der Waals surface area contributed by atoms with Crippen LogP contribution in [-0.4, -0.2) is 10.6 Å². The van der Waals surface area contributed by atoms with Crippen molar-refractivity contribution >= 4 is 22.3 Å². The number of nitrogens with one attached hydrogen (secondary N) is 1. The van der Waals surface area contributed by atoms with E-state index in [-0.39, 0.29) is 6.04 Å². The van der Waals surface area contributed by atoms with E-state index < -0.39 is 0 Å². The molecule has 182 valence electrons. The lowest BCUT2D eigenvalue weighted by molar-refractivity contribution is 0.626. The van der Waals surface area contributed by atoms with Crippen LogP contribution in [-0.2, 0) is 6.54 Å². The normalized spacial score (nSPS) is 19.3. The third kappa shape index (κ3) is 3.08. The maximum atomic E-state index is 3.87. The highest BCUT2D eigenvalue weighted by Gasteiger charge is 2.44. The Morgan fingerprint density at radius 2 is 1.37 bits per heavy atom. The topological polar surface area (TPSA) is 20.2 Å². The van der Waals surface area contributed by atoms with Crippen molar-refractivity contribution in [3.63, 3.8) is 0 Å². The zero-order chi connectivity index (χ0) is 25.1. The van der Waals surface area contributed by atoms with E-state index in [2.05, 4.69) is 148 Å². The smallest absolute Gasteiger partial charge is 0.0865 e. The van der Waals surface area contributed by atoms with Crippen LogP contribution >= 0.6 is 0 Å². The van der Waals surface area contributed by atoms with E-state index in [0.717, 1.165) is 6.54 Å². The van der Waals surface area contributed by atoms with E-state index in [1.165, 1.54) is 56.1 Å². The van der Waals surface area contributed by atoms with Gasteiger partial charge in [0.05, 0.1) is 22.9 Å². The first-order valence-corrected chi connectivity index (χ1v) is 13.3. The number of para-hydroxylation sites is 2. The van der Waals surface area contributed by atoms with Crippen LogP contribution in [0.1, 0.15) is 11.3 Å². The minimum atomic E-state index is 0.243. The second kappa shape index (κ2) is 8.39. The molecule has 0 spiro atoms. The molecular formula is C35H27N3. The Hall–Kier alpha value is -4.76. The van der Waals surface area contributed by atoms with E-state index in [4.69, 9.17) is 0 Å². The van der Waals surface area contributed by atoms with Crippen LogP contribution in [0.15, 0.2) is 139 Å². The molecule has 2 aliphatic heterocycles. The number of allylic oxidation sites excluding steroid dienone is 2. The first-order chi connectivity index (χ1) is 18.9. The third-order valence-corrected chi connectivity index (χ3v) is 8.14. The summed E-state index contributed by atoms with van der Waals surface area (Å²) in [6.07, 6.45) is 9.08. The Labute approximate surface area is 222 Å². The second-order valence-corrected chi connectivity index (χ2v) is 10.2. The molecule has 8 rings (SSSR count). The molecule has 0 fully saturated rings. The van der Waals surface area contributed by atoms with Crippen LogP contribution in [0.25, 0.3) is 33.4 Å². The molecule has 0 saturated heterocycles. The molecule has 2 unspecified atom stereocenters. The summed E-state index contributed by atoms with van der Waals surface area (Å²) in [5.41, 5.74) is 11.4. The quantitative estimate of drug-likeness (QED) is 0.280. The molecule has 38 heavy (non-hydrogen) atoms. The predicted molar refractivity (Wildman–Crippen MR) is 157 cm³/mol. The minimum absolute atomic E-state index is 0.243. The number of rotatable bonds is 3. The van der Waals surface area contributed by atoms with Gasteiger partial charge in [0.15, 0.2) is 0 Å². The van der Waals surface area contributed by atoms with Crippen molar-refractivity contribution in [2.24, 2.45) is 5.92 Å². The number of hydrogen-bond acceptors (Lipinski definition) is 2. The van der Waals surface area contributed by atoms with Crippen molar-refractivity contribution in [1.29, 1.82) is 0 Å². The molecule has 1 N–H and O–H groups in total. The van der Waals surface area contributed by atoms with Crippen LogP contribution in [0.3, 0.4) is 0 Å². The van der Waals surface area contributed by atoms with Gasteiger partial charge in [-0.1, -0.05) is 103 Å². The molecule has 2 atom stereocenters. The van der Waals surface area contributed by atoms with Gasteiger partial charge >= 0.3 is 0 Å². The van der Waals surface area contributed by atoms with E-state index in [1.807, 2.05) is 0 Å². The van der Waals surface area contributed by atoms with Gasteiger partial charge in [0.2, 0.25) is 0 Å². The Kier molecular flexibility index (Phi) is 4.71. The first-order valence-electron chi connectivity index (χ1n) is 13.3. The van der Waals surface area contributed by atoms with Crippen molar-refractivity contribution in [2.75, 3.05) is 4.90 Å². The van der Waals surface area contributed by atoms with Gasteiger partial charge in [-0.25, -0.2) is 0 Å². The standard InChI is InChI=1S/C35H27N3/c1-3-12-24(13-4-1)25-14-11-17-27(22-25)38-31-20-9-7-18-28(31)30-23-36-33-29-19-8-10-21-32(29)37(35(33)34(30)38)26-15-5-2-6-16-26/h1-22,29,32,36H,23H2. The number of fused-ring (bicyclic) bond motifs is 6. The first kappa shape index (κ1) is 21.3. The third-order valence-electron chi connectivity index (χ3n) is 8.14. The van der Waals surface area contributed by atoms with Crippen molar-refractivity contribution < 1.29 is 0 Å². The number of nitrogens with zero attached hydrogens (tertiary/aromatic N) is 2. The molecule has 3 nitrogen and oxygen atoms in total. The lowest BCUT2D eigenvalue weighted by Crippen LogP contribution is -2.32. The van der Waals surface area contributed by atoms with Crippen LogP contribution < -0.4 is 10.2 Å². The summed E-state index contributed by atoms with van der Waals surface area (Å²) < 4.78 is 2.49. The molecule has 3 heteroatoms. The van der Waals surface area contributed by atoms with Crippen LogP contribution in [0, 0.1) is 5.92 Å². The van der Waals surface area contributed by atoms with Gasteiger partial charge in [0.1, 0.15) is 0 Å². The fraction of sp³-hybridized carbons (Fsp3) is 0.0857. The number of anilines is 1. The van der Waals surface area contributed by atoms with Gasteiger partial charge in [-0.05, 0) is 41.5 Å². The van der Waals surface area contributed by atoms with Crippen LogP contribution in [0.2, 0.25) is 0 Å². The highest BCUT2D eigenvalue weighted by molar-refractivity contribution is 5.98. The van der Waals surface area contributed by atoms with Crippen molar-refractivity contribution in [3.05, 3.63) is 150 Å². The lowest BCUT2D eigenvalue weighted by Gasteiger charge is -2.31. The Morgan fingerprint density at radius 3 is 2.24 bits per heavy atom. The molecule has 1 aliphatic carbocycles. The number of aromatic nitrogens is 1. The van der Waals surface area contributed by atoms with Gasteiger partial charge in [0, 0.05) is 40.5 Å². The molecule has 0 radical (unpaired) electrons. The predicted octanol–water partition coefficient (Wildman–Crippen LogP) is 7.70. The maximum absolute atomic E-state index is 3.87. The molecule has 0 saturated carbocycles. The van der Waals surface area contributed by atoms with E-state index in [9.17, 15) is 0 Å². The highest BCUT2D eigenvalue weighted by atomic mass is 15.3. The van der Waals surface area contributed by atoms with E-state index >= 15 is 0 Å². The zero-order valence-electron chi connectivity index (χ0n) is 21.0. The summed E-state index contributed by atoms with van der Waals surface area (Å²) in [6.45, 7) is 0.823. The van der Waals surface area contributed by atoms with Crippen molar-refractivity contribution in [2.45, 2.75) is 12.6 Å². The average molecular weight is 490 g/mol. The fourth-order valence-electron chi connectivity index (χ4n) is 6.52. The van der Waals surface area contributed by atoms with Crippen LogP contribution in [0.5, 0.6) is 0 Å². The molecule has 0 amide bonds. The monoisotopic (exact) mass is 489 g/mol. The number of benzene rings is 4. The van der Waals surface area contributed by atoms with Crippen molar-refractivity contribution in [3.8, 4) is 16.8 Å². The lowest BCUT2D eigenvalue weighted by atomic mass is 9.93. The summed E-state index contributed by atoms with van der Waals surface area (Å²) in [6, 6.07) is 39.6. The molecule has 1 aromatic heterocycles. The largest absolute Gasteiger partial charge is 0.382 e. The van der Waals surface area contributed by atoms with Crippen molar-refractivity contribution in [1.82, 2.24) is 9.88 Å². The fourth-order valence-corrected chi connectivity index (χ4v) is 6.52. The molecule has 0 bridgehead atoms. The average Bonchev–Trinajstić information content (AvgIpc) is 3.51. The molecular weight excluding hydrogens is 462 g/mol. The van der Waals surface area contributed by atoms with E-state index in [0.29, 0.717) is 5.92 Å². The minimum Gasteiger partial charge on any atom is -0.382 e. The Bertz CT molecular complexity index is 1770. The molecule has 5 aromatic rings. The highest BCUT2D eigenvalue weighted by Crippen LogP contribution is 2.49. The second-order valence-electron chi connectivity index (χ2n) is 10.2. The summed E-state index contributed by atoms with van der Waals surface area (Å²) in [7, 11) is 0. The Balaban J connectivity index is 1.42. The van der Waals surface area contributed by atoms with Gasteiger partial charge < -0.3 is 14.8 Å². The van der Waals surface area contributed by atoms with E-state index in [1.54, 1.807) is 0 Å². The molecule has 4 aromatic carbocycles. The summed E-state index contributed by atoms with van der Waals surface area (Å²) >= 11 is 0. The number of hydrogen-bond donors (Lipinski definition) is 1.